The fourth-order valence-corrected chi connectivity index (χ4v) is 7.32. The standard InChI is InChI=1S/C48H34O4/c1-49-41-27-25-31-15-7-11-21-37(31)43(41)45-39-23-13-9-17-33(39)29-35(47(45)51-3)19-5-6-20-36-30-34-18-10-14-24-40(34)46(48(36)52-4)44-38-22-12-8-16-32(38)26-28-42(44)50-2/h7-18,21-30H,1-4H3. The highest BCUT2D eigenvalue weighted by molar-refractivity contribution is 6.12. The second-order valence-electron chi connectivity index (χ2n) is 12.3. The van der Waals surface area contributed by atoms with E-state index in [0.29, 0.717) is 11.5 Å². The van der Waals surface area contributed by atoms with E-state index in [1.165, 1.54) is 0 Å². The predicted molar refractivity (Wildman–Crippen MR) is 214 cm³/mol. The Hall–Kier alpha value is -6.88. The van der Waals surface area contributed by atoms with Crippen LogP contribution >= 0.6 is 0 Å². The predicted octanol–water partition coefficient (Wildman–Crippen LogP) is 11.1. The van der Waals surface area contributed by atoms with Gasteiger partial charge in [-0.15, -0.1) is 0 Å². The van der Waals surface area contributed by atoms with Crippen LogP contribution in [0.5, 0.6) is 23.0 Å². The second kappa shape index (κ2) is 13.8. The molecule has 0 bridgehead atoms. The molecule has 0 radical (unpaired) electrons. The lowest BCUT2D eigenvalue weighted by Gasteiger charge is -2.19. The maximum atomic E-state index is 6.17. The van der Waals surface area contributed by atoms with Gasteiger partial charge in [0.2, 0.25) is 0 Å². The lowest BCUT2D eigenvalue weighted by Crippen LogP contribution is -1.97. The summed E-state index contributed by atoms with van der Waals surface area (Å²) in [5.74, 6) is 15.8. The summed E-state index contributed by atoms with van der Waals surface area (Å²) in [4.78, 5) is 0. The summed E-state index contributed by atoms with van der Waals surface area (Å²) in [5, 5.41) is 8.51. The molecule has 0 aliphatic heterocycles. The fourth-order valence-electron chi connectivity index (χ4n) is 7.32. The van der Waals surface area contributed by atoms with Gasteiger partial charge in [0, 0.05) is 22.3 Å². The molecule has 0 N–H and O–H groups in total. The van der Waals surface area contributed by atoms with Crippen molar-refractivity contribution in [2.75, 3.05) is 28.4 Å². The van der Waals surface area contributed by atoms with E-state index in [1.54, 1.807) is 28.4 Å². The number of fused-ring (bicyclic) bond motifs is 4. The Balaban J connectivity index is 1.33. The molecule has 0 aliphatic carbocycles. The number of methoxy groups -OCH3 is 4. The monoisotopic (exact) mass is 674 g/mol. The SMILES string of the molecule is COc1ccc2ccccc2c1-c1c(OC)c(C#CC#Cc2cc3ccccc3c(-c3c(OC)ccc4ccccc34)c2OC)cc2ccccc12. The van der Waals surface area contributed by atoms with Crippen molar-refractivity contribution in [2.24, 2.45) is 0 Å². The Morgan fingerprint density at radius 2 is 0.692 bits per heavy atom. The highest BCUT2D eigenvalue weighted by Gasteiger charge is 2.22. The molecule has 8 rings (SSSR count). The molecule has 0 fully saturated rings. The molecule has 0 saturated carbocycles. The van der Waals surface area contributed by atoms with Crippen molar-refractivity contribution in [3.8, 4) is 68.9 Å². The Morgan fingerprint density at radius 1 is 0.346 bits per heavy atom. The van der Waals surface area contributed by atoms with E-state index in [0.717, 1.165) is 88.0 Å². The third kappa shape index (κ3) is 5.48. The normalized spacial score (nSPS) is 10.8. The van der Waals surface area contributed by atoms with Crippen LogP contribution in [0.1, 0.15) is 11.1 Å². The molecule has 0 spiro atoms. The van der Waals surface area contributed by atoms with Crippen LogP contribution in [0.15, 0.2) is 133 Å². The summed E-state index contributed by atoms with van der Waals surface area (Å²) in [7, 11) is 6.77. The van der Waals surface area contributed by atoms with Crippen LogP contribution in [0.25, 0.3) is 65.3 Å². The first-order valence-corrected chi connectivity index (χ1v) is 17.0. The number of rotatable bonds is 6. The van der Waals surface area contributed by atoms with Gasteiger partial charge in [0.05, 0.1) is 39.6 Å². The number of hydrogen-bond donors (Lipinski definition) is 0. The molecule has 0 atom stereocenters. The maximum Gasteiger partial charge on any atom is 0.143 e. The van der Waals surface area contributed by atoms with Crippen molar-refractivity contribution in [2.45, 2.75) is 0 Å². The first-order chi connectivity index (χ1) is 25.6. The first kappa shape index (κ1) is 32.3. The average molecular weight is 675 g/mol. The van der Waals surface area contributed by atoms with Crippen molar-refractivity contribution in [3.63, 3.8) is 0 Å². The van der Waals surface area contributed by atoms with Gasteiger partial charge < -0.3 is 18.9 Å². The second-order valence-corrected chi connectivity index (χ2v) is 12.3. The van der Waals surface area contributed by atoms with Crippen LogP contribution in [-0.2, 0) is 0 Å². The quantitative estimate of drug-likeness (QED) is 0.165. The minimum Gasteiger partial charge on any atom is -0.496 e. The van der Waals surface area contributed by atoms with Crippen molar-refractivity contribution < 1.29 is 18.9 Å². The molecule has 4 nitrogen and oxygen atoms in total. The van der Waals surface area contributed by atoms with E-state index in [1.807, 2.05) is 60.7 Å². The van der Waals surface area contributed by atoms with Crippen LogP contribution < -0.4 is 18.9 Å². The molecule has 4 heteroatoms. The molecule has 52 heavy (non-hydrogen) atoms. The van der Waals surface area contributed by atoms with Gasteiger partial charge in [-0.2, -0.15) is 0 Å². The Bertz CT molecular complexity index is 2610. The molecule has 8 aromatic carbocycles. The smallest absolute Gasteiger partial charge is 0.143 e. The van der Waals surface area contributed by atoms with Crippen molar-refractivity contribution in [1.29, 1.82) is 0 Å². The Morgan fingerprint density at radius 3 is 1.06 bits per heavy atom. The fraction of sp³-hybridized carbons (Fsp3) is 0.0833. The number of ether oxygens (including phenoxy) is 4. The lowest BCUT2D eigenvalue weighted by molar-refractivity contribution is 0.410. The van der Waals surface area contributed by atoms with E-state index in [2.05, 4.69) is 96.5 Å². The summed E-state index contributed by atoms with van der Waals surface area (Å²) >= 11 is 0. The van der Waals surface area contributed by atoms with Crippen LogP contribution in [0, 0.1) is 23.7 Å². The third-order valence-corrected chi connectivity index (χ3v) is 9.59. The summed E-state index contributed by atoms with van der Waals surface area (Å²) in [6.07, 6.45) is 0. The topological polar surface area (TPSA) is 36.9 Å². The summed E-state index contributed by atoms with van der Waals surface area (Å²) < 4.78 is 24.2. The molecule has 0 unspecified atom stereocenters. The third-order valence-electron chi connectivity index (χ3n) is 9.59. The summed E-state index contributed by atoms with van der Waals surface area (Å²) in [6.45, 7) is 0. The molecule has 8 aromatic rings. The largest absolute Gasteiger partial charge is 0.496 e. The molecule has 250 valence electrons. The zero-order chi connectivity index (χ0) is 35.6. The molecular weight excluding hydrogens is 641 g/mol. The summed E-state index contributed by atoms with van der Waals surface area (Å²) in [5.41, 5.74) is 5.23. The lowest BCUT2D eigenvalue weighted by atomic mass is 9.90. The van der Waals surface area contributed by atoms with Crippen LogP contribution in [0.3, 0.4) is 0 Å². The van der Waals surface area contributed by atoms with Crippen molar-refractivity contribution >= 4 is 43.1 Å². The van der Waals surface area contributed by atoms with Gasteiger partial charge in [0.15, 0.2) is 0 Å². The molecule has 0 heterocycles. The van der Waals surface area contributed by atoms with Crippen LogP contribution in [-0.4, -0.2) is 28.4 Å². The average Bonchev–Trinajstić information content (AvgIpc) is 3.20. The molecular formula is C48H34O4. The van der Waals surface area contributed by atoms with Gasteiger partial charge in [0.1, 0.15) is 23.0 Å². The zero-order valence-corrected chi connectivity index (χ0v) is 29.3. The van der Waals surface area contributed by atoms with Crippen molar-refractivity contribution in [1.82, 2.24) is 0 Å². The van der Waals surface area contributed by atoms with Gasteiger partial charge in [-0.25, -0.2) is 0 Å². The van der Waals surface area contributed by atoms with Crippen LogP contribution in [0.4, 0.5) is 0 Å². The van der Waals surface area contributed by atoms with E-state index < -0.39 is 0 Å². The highest BCUT2D eigenvalue weighted by Crippen LogP contribution is 2.48. The van der Waals surface area contributed by atoms with Gasteiger partial charge in [0.25, 0.3) is 0 Å². The minimum absolute atomic E-state index is 0.663. The Kier molecular flexibility index (Phi) is 8.58. The van der Waals surface area contributed by atoms with E-state index in [9.17, 15) is 0 Å². The molecule has 0 aliphatic rings. The van der Waals surface area contributed by atoms with Gasteiger partial charge in [-0.3, -0.25) is 0 Å². The summed E-state index contributed by atoms with van der Waals surface area (Å²) in [6, 6.07) is 45.5. The maximum absolute atomic E-state index is 6.17. The van der Waals surface area contributed by atoms with E-state index in [-0.39, 0.29) is 0 Å². The van der Waals surface area contributed by atoms with E-state index in [4.69, 9.17) is 18.9 Å². The Labute approximate surface area is 303 Å². The van der Waals surface area contributed by atoms with Gasteiger partial charge in [-0.1, -0.05) is 109 Å². The number of hydrogen-bond acceptors (Lipinski definition) is 4. The minimum atomic E-state index is 0.663. The molecule has 0 amide bonds. The van der Waals surface area contributed by atoms with Crippen molar-refractivity contribution in [3.05, 3.63) is 145 Å². The van der Waals surface area contributed by atoms with Gasteiger partial charge in [-0.05, 0) is 91.0 Å². The molecule has 0 saturated heterocycles. The zero-order valence-electron chi connectivity index (χ0n) is 29.3. The highest BCUT2D eigenvalue weighted by atomic mass is 16.5. The van der Waals surface area contributed by atoms with Crippen LogP contribution in [0.2, 0.25) is 0 Å². The first-order valence-electron chi connectivity index (χ1n) is 17.0. The van der Waals surface area contributed by atoms with Gasteiger partial charge >= 0.3 is 0 Å². The van der Waals surface area contributed by atoms with E-state index >= 15 is 0 Å². The molecule has 0 aromatic heterocycles. The number of benzene rings is 8.